The van der Waals surface area contributed by atoms with Gasteiger partial charge in [0.05, 0.1) is 11.9 Å². The van der Waals surface area contributed by atoms with Crippen LogP contribution in [0, 0.1) is 0 Å². The zero-order chi connectivity index (χ0) is 11.9. The molecule has 1 aromatic heterocycles. The molecule has 17 heavy (non-hydrogen) atoms. The summed E-state index contributed by atoms with van der Waals surface area (Å²) in [5, 5.41) is 13.3. The van der Waals surface area contributed by atoms with Crippen LogP contribution in [0.4, 0.5) is 5.69 Å². The van der Waals surface area contributed by atoms with Gasteiger partial charge in [0.15, 0.2) is 5.60 Å². The van der Waals surface area contributed by atoms with Gasteiger partial charge in [-0.1, -0.05) is 30.3 Å². The molecule has 0 spiro atoms. The van der Waals surface area contributed by atoms with Crippen LogP contribution in [0.3, 0.4) is 0 Å². The molecule has 1 aromatic carbocycles. The number of carbonyl (C=O) groups excluding carboxylic acids is 1. The lowest BCUT2D eigenvalue weighted by Crippen LogP contribution is -2.35. The minimum atomic E-state index is -1.61. The summed E-state index contributed by atoms with van der Waals surface area (Å²) in [6, 6.07) is 10.5. The number of amides is 1. The topological polar surface area (TPSA) is 62.2 Å². The van der Waals surface area contributed by atoms with Crippen molar-refractivity contribution in [2.45, 2.75) is 5.60 Å². The highest BCUT2D eigenvalue weighted by molar-refractivity contribution is 6.07. The Bertz CT molecular complexity index is 583. The maximum absolute atomic E-state index is 12.0. The van der Waals surface area contributed by atoms with Gasteiger partial charge in [-0.05, 0) is 11.6 Å². The van der Waals surface area contributed by atoms with E-state index in [2.05, 4.69) is 10.3 Å². The third-order valence-electron chi connectivity index (χ3n) is 2.98. The molecule has 1 atom stereocenters. The van der Waals surface area contributed by atoms with E-state index in [1.54, 1.807) is 36.5 Å². The van der Waals surface area contributed by atoms with Crippen molar-refractivity contribution in [2.24, 2.45) is 0 Å². The molecule has 1 unspecified atom stereocenters. The van der Waals surface area contributed by atoms with E-state index in [9.17, 15) is 9.90 Å². The number of anilines is 1. The maximum atomic E-state index is 12.0. The monoisotopic (exact) mass is 226 g/mol. The van der Waals surface area contributed by atoms with Crippen LogP contribution in [0.25, 0.3) is 0 Å². The number of pyridine rings is 1. The van der Waals surface area contributed by atoms with Crippen molar-refractivity contribution < 1.29 is 9.90 Å². The van der Waals surface area contributed by atoms with E-state index in [0.29, 0.717) is 16.8 Å². The molecule has 4 heteroatoms. The van der Waals surface area contributed by atoms with Gasteiger partial charge in [0, 0.05) is 11.8 Å². The first-order valence-corrected chi connectivity index (χ1v) is 5.27. The van der Waals surface area contributed by atoms with Crippen molar-refractivity contribution in [3.05, 3.63) is 59.9 Å². The van der Waals surface area contributed by atoms with Gasteiger partial charge in [-0.25, -0.2) is 0 Å². The first-order valence-electron chi connectivity index (χ1n) is 5.27. The van der Waals surface area contributed by atoms with Gasteiger partial charge >= 0.3 is 0 Å². The molecule has 3 rings (SSSR count). The summed E-state index contributed by atoms with van der Waals surface area (Å²) in [6.45, 7) is 0. The average molecular weight is 226 g/mol. The van der Waals surface area contributed by atoms with Gasteiger partial charge in [-0.3, -0.25) is 9.78 Å². The third kappa shape index (κ3) is 1.28. The Hall–Kier alpha value is -2.20. The van der Waals surface area contributed by atoms with E-state index in [4.69, 9.17) is 0 Å². The van der Waals surface area contributed by atoms with Crippen molar-refractivity contribution in [1.29, 1.82) is 0 Å². The fourth-order valence-electron chi connectivity index (χ4n) is 2.11. The number of rotatable bonds is 1. The van der Waals surface area contributed by atoms with Crippen molar-refractivity contribution in [1.82, 2.24) is 4.98 Å². The number of carbonyl (C=O) groups is 1. The molecule has 0 saturated heterocycles. The lowest BCUT2D eigenvalue weighted by molar-refractivity contribution is -0.129. The number of fused-ring (bicyclic) bond motifs is 1. The second-order valence-electron chi connectivity index (χ2n) is 3.95. The standard InChI is InChI=1S/C13H10N2O2/c16-12-13(17,9-4-2-1-3-5-9)10-6-7-14-8-11(10)15-12/h1-8,17H,(H,15,16). The summed E-state index contributed by atoms with van der Waals surface area (Å²) in [5.41, 5.74) is 0.0505. The highest BCUT2D eigenvalue weighted by Crippen LogP contribution is 2.39. The SMILES string of the molecule is O=C1Nc2cnccc2C1(O)c1ccccc1. The molecule has 0 aliphatic carbocycles. The molecule has 0 saturated carbocycles. The van der Waals surface area contributed by atoms with E-state index in [1.165, 1.54) is 6.20 Å². The maximum Gasteiger partial charge on any atom is 0.265 e. The number of nitrogens with zero attached hydrogens (tertiary/aromatic N) is 1. The zero-order valence-electron chi connectivity index (χ0n) is 8.92. The second kappa shape index (κ2) is 3.40. The molecule has 84 valence electrons. The molecule has 1 aliphatic rings. The van der Waals surface area contributed by atoms with Gasteiger partial charge in [0.2, 0.25) is 0 Å². The number of aliphatic hydroxyl groups is 1. The minimum Gasteiger partial charge on any atom is -0.372 e. The Labute approximate surface area is 97.9 Å². The van der Waals surface area contributed by atoms with Crippen LogP contribution in [0.2, 0.25) is 0 Å². The van der Waals surface area contributed by atoms with Crippen LogP contribution in [0.15, 0.2) is 48.8 Å². The minimum absolute atomic E-state index is 0.438. The molecule has 2 aromatic rings. The highest BCUT2D eigenvalue weighted by atomic mass is 16.3. The van der Waals surface area contributed by atoms with Crippen LogP contribution < -0.4 is 5.32 Å². The smallest absolute Gasteiger partial charge is 0.265 e. The summed E-state index contributed by atoms with van der Waals surface area (Å²) in [4.78, 5) is 15.9. The lowest BCUT2D eigenvalue weighted by atomic mass is 9.88. The Morgan fingerprint density at radius 1 is 1.18 bits per heavy atom. The summed E-state index contributed by atoms with van der Waals surface area (Å²) >= 11 is 0. The van der Waals surface area contributed by atoms with Crippen molar-refractivity contribution in [2.75, 3.05) is 5.32 Å². The molecule has 0 bridgehead atoms. The normalized spacial score (nSPS) is 22.1. The number of aromatic nitrogens is 1. The predicted octanol–water partition coefficient (Wildman–Crippen LogP) is 1.27. The molecule has 2 heterocycles. The van der Waals surface area contributed by atoms with Gasteiger partial charge < -0.3 is 10.4 Å². The Morgan fingerprint density at radius 3 is 2.71 bits per heavy atom. The van der Waals surface area contributed by atoms with Gasteiger partial charge in [-0.15, -0.1) is 0 Å². The van der Waals surface area contributed by atoms with Gasteiger partial charge in [0.25, 0.3) is 5.91 Å². The number of benzene rings is 1. The molecular weight excluding hydrogens is 216 g/mol. The van der Waals surface area contributed by atoms with Crippen molar-refractivity contribution in [3.8, 4) is 0 Å². The van der Waals surface area contributed by atoms with Crippen LogP contribution in [0.1, 0.15) is 11.1 Å². The van der Waals surface area contributed by atoms with Gasteiger partial charge in [0.1, 0.15) is 0 Å². The number of hydrogen-bond donors (Lipinski definition) is 2. The Balaban J connectivity index is 2.24. The van der Waals surface area contributed by atoms with Crippen LogP contribution >= 0.6 is 0 Å². The Morgan fingerprint density at radius 2 is 1.94 bits per heavy atom. The fourth-order valence-corrected chi connectivity index (χ4v) is 2.11. The van der Waals surface area contributed by atoms with Crippen LogP contribution in [-0.4, -0.2) is 16.0 Å². The van der Waals surface area contributed by atoms with Crippen molar-refractivity contribution >= 4 is 11.6 Å². The zero-order valence-corrected chi connectivity index (χ0v) is 8.92. The largest absolute Gasteiger partial charge is 0.372 e. The molecule has 4 nitrogen and oxygen atoms in total. The highest BCUT2D eigenvalue weighted by Gasteiger charge is 2.46. The number of hydrogen-bond acceptors (Lipinski definition) is 3. The average Bonchev–Trinajstić information content (AvgIpc) is 2.64. The predicted molar refractivity (Wildman–Crippen MR) is 62.3 cm³/mol. The van der Waals surface area contributed by atoms with Crippen LogP contribution in [0.5, 0.6) is 0 Å². The molecule has 1 aliphatic heterocycles. The van der Waals surface area contributed by atoms with E-state index in [0.717, 1.165) is 0 Å². The molecule has 2 N–H and O–H groups in total. The summed E-state index contributed by atoms with van der Waals surface area (Å²) in [6.07, 6.45) is 3.10. The lowest BCUT2D eigenvalue weighted by Gasteiger charge is -2.20. The molecule has 0 fully saturated rings. The third-order valence-corrected chi connectivity index (χ3v) is 2.98. The van der Waals surface area contributed by atoms with Crippen molar-refractivity contribution in [3.63, 3.8) is 0 Å². The van der Waals surface area contributed by atoms with Gasteiger partial charge in [-0.2, -0.15) is 0 Å². The summed E-state index contributed by atoms with van der Waals surface area (Å²) < 4.78 is 0. The summed E-state index contributed by atoms with van der Waals surface area (Å²) in [7, 11) is 0. The molecule has 0 radical (unpaired) electrons. The summed E-state index contributed by atoms with van der Waals surface area (Å²) in [5.74, 6) is -0.438. The Kier molecular flexibility index (Phi) is 2.00. The fraction of sp³-hybridized carbons (Fsp3) is 0.0769. The quantitative estimate of drug-likeness (QED) is 0.769. The second-order valence-corrected chi connectivity index (χ2v) is 3.95. The first kappa shape index (κ1) is 9.99. The van der Waals surface area contributed by atoms with Crippen LogP contribution in [-0.2, 0) is 10.4 Å². The van der Waals surface area contributed by atoms with E-state index < -0.39 is 11.5 Å². The first-order chi connectivity index (χ1) is 8.23. The van der Waals surface area contributed by atoms with E-state index in [-0.39, 0.29) is 0 Å². The van der Waals surface area contributed by atoms with E-state index in [1.807, 2.05) is 6.07 Å². The molecular formula is C13H10N2O2. The van der Waals surface area contributed by atoms with E-state index >= 15 is 0 Å². The molecule has 1 amide bonds. The number of nitrogens with one attached hydrogen (secondary N) is 1.